The van der Waals surface area contributed by atoms with E-state index >= 15 is 0 Å². The lowest BCUT2D eigenvalue weighted by atomic mass is 9.96. The van der Waals surface area contributed by atoms with Crippen LogP contribution in [-0.4, -0.2) is 27.2 Å². The van der Waals surface area contributed by atoms with Crippen molar-refractivity contribution >= 4 is 16.6 Å². The van der Waals surface area contributed by atoms with Gasteiger partial charge >= 0.3 is 12.1 Å². The van der Waals surface area contributed by atoms with Gasteiger partial charge < -0.3 is 9.72 Å². The third-order valence-corrected chi connectivity index (χ3v) is 7.97. The maximum Gasteiger partial charge on any atom is 0.432 e. The molecule has 3 N–H and O–H groups in total. The first-order chi connectivity index (χ1) is 17.1. The van der Waals surface area contributed by atoms with Gasteiger partial charge in [-0.15, -0.1) is 0 Å². The van der Waals surface area contributed by atoms with Crippen molar-refractivity contribution in [1.29, 1.82) is 0 Å². The number of methoxy groups -OCH3 is 1. The van der Waals surface area contributed by atoms with E-state index < -0.39 is 39.2 Å². The van der Waals surface area contributed by atoms with Gasteiger partial charge in [0, 0.05) is 5.56 Å². The number of H-pyrrole nitrogens is 1. The topological polar surface area (TPSA) is 82.6 Å². The quantitative estimate of drug-likeness (QED) is 0.230. The Hall–Kier alpha value is -3.53. The van der Waals surface area contributed by atoms with E-state index in [2.05, 4.69) is 4.98 Å². The van der Waals surface area contributed by atoms with Crippen molar-refractivity contribution < 1.29 is 31.8 Å². The number of carbonyl (C=O) groups is 1. The predicted octanol–water partition coefficient (Wildman–Crippen LogP) is 7.69. The molecule has 3 aromatic carbocycles. The molecule has 0 aliphatic carbocycles. The summed E-state index contributed by atoms with van der Waals surface area (Å²) >= 11 is 0. The third kappa shape index (κ3) is 4.77. The summed E-state index contributed by atoms with van der Waals surface area (Å²) in [6, 6.07) is 22.7. The van der Waals surface area contributed by atoms with E-state index in [4.69, 9.17) is 4.74 Å². The molecule has 36 heavy (non-hydrogen) atoms. The highest BCUT2D eigenvalue weighted by Crippen LogP contribution is 2.64. The molecule has 4 aromatic rings. The standard InChI is InChI=1S/C27H24F3NO4S/c1-17-13-15-20(16-14-17)36(33,34)24(19-11-7-4-8-12-19)21-22(26(32)35-2)25(27(28,29)30)31-23(21)18-9-5-3-6-10-18/h3-16,24,31,33-34H,1-2H3/t24-/m1/s1. The molecule has 0 aliphatic rings. The molecule has 4 rings (SSSR count). The van der Waals surface area contributed by atoms with Crippen LogP contribution >= 0.6 is 10.6 Å². The molecule has 1 atom stereocenters. The number of halogens is 3. The second kappa shape index (κ2) is 9.85. The Morgan fingerprint density at radius 2 is 1.47 bits per heavy atom. The van der Waals surface area contributed by atoms with E-state index in [0.717, 1.165) is 12.7 Å². The molecular weight excluding hydrogens is 491 g/mol. The van der Waals surface area contributed by atoms with Crippen molar-refractivity contribution in [3.8, 4) is 11.3 Å². The van der Waals surface area contributed by atoms with Crippen LogP contribution in [0.2, 0.25) is 0 Å². The number of benzene rings is 3. The minimum atomic E-state index is -4.95. The Bertz CT molecular complexity index is 1350. The fraction of sp³-hybridized carbons (Fsp3) is 0.148. The van der Waals surface area contributed by atoms with Gasteiger partial charge in [0.25, 0.3) is 0 Å². The lowest BCUT2D eigenvalue weighted by molar-refractivity contribution is -0.141. The highest BCUT2D eigenvalue weighted by molar-refractivity contribution is 8.24. The maximum absolute atomic E-state index is 14.2. The molecule has 5 nitrogen and oxygen atoms in total. The average molecular weight is 516 g/mol. The van der Waals surface area contributed by atoms with Crippen LogP contribution in [0.1, 0.15) is 38.0 Å². The summed E-state index contributed by atoms with van der Waals surface area (Å²) in [4.78, 5) is 15.4. The second-order valence-electron chi connectivity index (χ2n) is 8.22. The number of aryl methyl sites for hydroxylation is 1. The first-order valence-corrected chi connectivity index (χ1v) is 12.5. The molecule has 1 heterocycles. The first-order valence-electron chi connectivity index (χ1n) is 10.9. The Morgan fingerprint density at radius 1 is 0.917 bits per heavy atom. The molecule has 0 fully saturated rings. The highest BCUT2D eigenvalue weighted by Gasteiger charge is 2.45. The number of hydrogen-bond donors (Lipinski definition) is 3. The summed E-state index contributed by atoms with van der Waals surface area (Å²) in [7, 11) is -2.86. The Kier molecular flexibility index (Phi) is 6.99. The van der Waals surface area contributed by atoms with Crippen molar-refractivity contribution in [2.24, 2.45) is 0 Å². The van der Waals surface area contributed by atoms with Gasteiger partial charge in [-0.3, -0.25) is 9.11 Å². The van der Waals surface area contributed by atoms with Crippen LogP contribution in [0.4, 0.5) is 13.2 Å². The van der Waals surface area contributed by atoms with Crippen molar-refractivity contribution in [1.82, 2.24) is 4.98 Å². The van der Waals surface area contributed by atoms with E-state index in [9.17, 15) is 27.1 Å². The van der Waals surface area contributed by atoms with Crippen LogP contribution in [-0.2, 0) is 10.9 Å². The predicted molar refractivity (Wildman–Crippen MR) is 133 cm³/mol. The molecule has 0 saturated carbocycles. The summed E-state index contributed by atoms with van der Waals surface area (Å²) in [6.07, 6.45) is -4.95. The molecule has 0 unspecified atom stereocenters. The minimum absolute atomic E-state index is 0.0516. The van der Waals surface area contributed by atoms with Crippen molar-refractivity contribution in [2.75, 3.05) is 7.11 Å². The smallest absolute Gasteiger partial charge is 0.432 e. The second-order valence-corrected chi connectivity index (χ2v) is 10.3. The number of carbonyl (C=O) groups excluding carboxylic acids is 1. The fourth-order valence-electron chi connectivity index (χ4n) is 4.16. The number of alkyl halides is 3. The van der Waals surface area contributed by atoms with E-state index in [-0.39, 0.29) is 16.2 Å². The zero-order valence-corrected chi connectivity index (χ0v) is 20.2. The van der Waals surface area contributed by atoms with Gasteiger partial charge in [-0.25, -0.2) is 4.79 Å². The van der Waals surface area contributed by atoms with Gasteiger partial charge in [-0.2, -0.15) is 23.8 Å². The lowest BCUT2D eigenvalue weighted by Crippen LogP contribution is -2.19. The number of hydrogen-bond acceptors (Lipinski definition) is 4. The molecule has 0 saturated heterocycles. The Labute approximate surface area is 207 Å². The monoisotopic (exact) mass is 515 g/mol. The Balaban J connectivity index is 2.13. The normalized spacial score (nSPS) is 13.3. The van der Waals surface area contributed by atoms with E-state index in [1.165, 1.54) is 12.1 Å². The zero-order chi connectivity index (χ0) is 26.1. The van der Waals surface area contributed by atoms with Crippen LogP contribution in [0.5, 0.6) is 0 Å². The van der Waals surface area contributed by atoms with Crippen LogP contribution in [0.15, 0.2) is 89.8 Å². The van der Waals surface area contributed by atoms with Gasteiger partial charge in [0.2, 0.25) is 0 Å². The molecule has 9 heteroatoms. The van der Waals surface area contributed by atoms with Crippen molar-refractivity contribution in [3.63, 3.8) is 0 Å². The third-order valence-electron chi connectivity index (χ3n) is 5.84. The van der Waals surface area contributed by atoms with Gasteiger partial charge in [0.15, 0.2) is 0 Å². The fourth-order valence-corrected chi connectivity index (χ4v) is 6.07. The molecule has 1 aromatic heterocycles. The summed E-state index contributed by atoms with van der Waals surface area (Å²) in [5.74, 6) is -1.24. The molecule has 0 spiro atoms. The van der Waals surface area contributed by atoms with Crippen LogP contribution in [0, 0.1) is 6.92 Å². The molecule has 0 aliphatic heterocycles. The lowest BCUT2D eigenvalue weighted by Gasteiger charge is -2.41. The summed E-state index contributed by atoms with van der Waals surface area (Å²) in [5, 5.41) is -1.42. The van der Waals surface area contributed by atoms with E-state index in [1.807, 2.05) is 6.92 Å². The van der Waals surface area contributed by atoms with Gasteiger partial charge in [0.1, 0.15) is 10.9 Å². The molecular formula is C27H24F3NO4S. The molecule has 188 valence electrons. The average Bonchev–Trinajstić information content (AvgIpc) is 3.25. The zero-order valence-electron chi connectivity index (χ0n) is 19.4. The van der Waals surface area contributed by atoms with Gasteiger partial charge in [0.05, 0.1) is 23.3 Å². The number of esters is 1. The van der Waals surface area contributed by atoms with Crippen LogP contribution in [0.25, 0.3) is 11.3 Å². The first kappa shape index (κ1) is 25.6. The largest absolute Gasteiger partial charge is 0.465 e. The van der Waals surface area contributed by atoms with Gasteiger partial charge in [-0.05, 0) is 30.2 Å². The van der Waals surface area contributed by atoms with Crippen molar-refractivity contribution in [3.05, 3.63) is 113 Å². The Morgan fingerprint density at radius 3 is 2.00 bits per heavy atom. The van der Waals surface area contributed by atoms with Crippen LogP contribution in [0.3, 0.4) is 0 Å². The highest BCUT2D eigenvalue weighted by atomic mass is 32.3. The number of rotatable bonds is 6. The number of aromatic nitrogens is 1. The van der Waals surface area contributed by atoms with Crippen LogP contribution < -0.4 is 0 Å². The number of ether oxygens (including phenoxy) is 1. The minimum Gasteiger partial charge on any atom is -0.465 e. The summed E-state index contributed by atoms with van der Waals surface area (Å²) < 4.78 is 70.8. The van der Waals surface area contributed by atoms with Crippen molar-refractivity contribution in [2.45, 2.75) is 23.2 Å². The summed E-state index contributed by atoms with van der Waals surface area (Å²) in [6.45, 7) is 1.83. The molecule has 0 bridgehead atoms. The maximum atomic E-state index is 14.2. The van der Waals surface area contributed by atoms with Gasteiger partial charge in [-0.1, -0.05) is 78.4 Å². The molecule has 0 amide bonds. The van der Waals surface area contributed by atoms with E-state index in [0.29, 0.717) is 11.1 Å². The number of nitrogens with one attached hydrogen (secondary N) is 1. The van der Waals surface area contributed by atoms with E-state index in [1.54, 1.807) is 72.8 Å². The SMILES string of the molecule is COC(=O)c1c(C(F)(F)F)[nH]c(-c2ccccc2)c1[C@@H](c1ccccc1)S(O)(O)c1ccc(C)cc1. The summed E-state index contributed by atoms with van der Waals surface area (Å²) in [5.41, 5.74) is -0.822. The number of aromatic amines is 1. The molecule has 0 radical (unpaired) electrons.